The van der Waals surface area contributed by atoms with Crippen LogP contribution in [0.3, 0.4) is 0 Å². The van der Waals surface area contributed by atoms with Crippen LogP contribution in [0, 0.1) is 11.6 Å². The highest BCUT2D eigenvalue weighted by Crippen LogP contribution is 2.28. The highest BCUT2D eigenvalue weighted by molar-refractivity contribution is 6.02. The van der Waals surface area contributed by atoms with Crippen molar-refractivity contribution in [2.24, 2.45) is 10.2 Å². The zero-order valence-electron chi connectivity index (χ0n) is 16.1. The van der Waals surface area contributed by atoms with Gasteiger partial charge in [-0.15, -0.1) is 0 Å². The molecule has 2 unspecified atom stereocenters. The summed E-state index contributed by atoms with van der Waals surface area (Å²) in [5.41, 5.74) is 12.4. The van der Waals surface area contributed by atoms with E-state index in [9.17, 15) is 8.78 Å². The van der Waals surface area contributed by atoms with Crippen LogP contribution in [-0.2, 0) is 0 Å². The van der Waals surface area contributed by atoms with E-state index in [2.05, 4.69) is 45.3 Å². The summed E-state index contributed by atoms with van der Waals surface area (Å²) in [4.78, 5) is 0. The molecule has 2 heterocycles. The van der Waals surface area contributed by atoms with Crippen LogP contribution in [0.4, 0.5) is 8.78 Å². The number of hydrogen-bond acceptors (Lipinski definition) is 4. The van der Waals surface area contributed by atoms with Crippen LogP contribution in [0.25, 0.3) is 0 Å². The molecular formula is C24H20F2N4. The lowest BCUT2D eigenvalue weighted by atomic mass is 9.95. The molecule has 2 N–H and O–H groups in total. The van der Waals surface area contributed by atoms with Gasteiger partial charge in [0.25, 0.3) is 0 Å². The molecule has 0 fully saturated rings. The van der Waals surface area contributed by atoms with Gasteiger partial charge in [0.2, 0.25) is 0 Å². The fraction of sp³-hybridized carbons (Fsp3) is 0.167. The first kappa shape index (κ1) is 18.5. The molecule has 6 heteroatoms. The van der Waals surface area contributed by atoms with Gasteiger partial charge in [0.05, 0.1) is 23.5 Å². The summed E-state index contributed by atoms with van der Waals surface area (Å²) in [6.45, 7) is 0. The molecule has 2 aliphatic heterocycles. The SMILES string of the molecule is Fc1ccc(C2=NNC(c3ccc(C4CC(c5ccc(F)cc5)=NN4)cc3)C2)cc1. The Bertz CT molecular complexity index is 1010. The Morgan fingerprint density at radius 2 is 0.933 bits per heavy atom. The number of nitrogens with zero attached hydrogens (tertiary/aromatic N) is 2. The van der Waals surface area contributed by atoms with Crippen molar-refractivity contribution in [1.82, 2.24) is 10.9 Å². The minimum absolute atomic E-state index is 0.0988. The van der Waals surface area contributed by atoms with Crippen molar-refractivity contribution in [2.45, 2.75) is 24.9 Å². The first-order valence-electron chi connectivity index (χ1n) is 9.91. The molecule has 3 aromatic carbocycles. The van der Waals surface area contributed by atoms with Crippen molar-refractivity contribution in [1.29, 1.82) is 0 Å². The predicted octanol–water partition coefficient (Wildman–Crippen LogP) is 4.84. The molecule has 0 radical (unpaired) electrons. The van der Waals surface area contributed by atoms with Gasteiger partial charge in [-0.2, -0.15) is 10.2 Å². The third-order valence-electron chi connectivity index (χ3n) is 5.60. The number of hydrazone groups is 2. The van der Waals surface area contributed by atoms with Crippen molar-refractivity contribution in [3.8, 4) is 0 Å². The van der Waals surface area contributed by atoms with E-state index in [-0.39, 0.29) is 23.7 Å². The smallest absolute Gasteiger partial charge is 0.123 e. The Labute approximate surface area is 173 Å². The molecule has 0 aromatic heterocycles. The van der Waals surface area contributed by atoms with E-state index in [0.29, 0.717) is 0 Å². The van der Waals surface area contributed by atoms with E-state index in [1.165, 1.54) is 24.3 Å². The zero-order valence-corrected chi connectivity index (χ0v) is 16.1. The van der Waals surface area contributed by atoms with Crippen LogP contribution in [-0.4, -0.2) is 11.4 Å². The molecule has 150 valence electrons. The van der Waals surface area contributed by atoms with Crippen LogP contribution in [0.2, 0.25) is 0 Å². The summed E-state index contributed by atoms with van der Waals surface area (Å²) in [5, 5.41) is 8.86. The minimum Gasteiger partial charge on any atom is -0.302 e. The number of benzene rings is 3. The average molecular weight is 402 g/mol. The fourth-order valence-electron chi connectivity index (χ4n) is 3.88. The van der Waals surface area contributed by atoms with Gasteiger partial charge in [-0.05, 0) is 46.5 Å². The molecule has 0 saturated heterocycles. The number of rotatable bonds is 4. The van der Waals surface area contributed by atoms with Crippen molar-refractivity contribution < 1.29 is 8.78 Å². The van der Waals surface area contributed by atoms with Gasteiger partial charge in [-0.25, -0.2) is 8.78 Å². The molecule has 0 saturated carbocycles. The summed E-state index contributed by atoms with van der Waals surface area (Å²) in [6.07, 6.45) is 1.51. The van der Waals surface area contributed by atoms with Gasteiger partial charge < -0.3 is 10.9 Å². The molecule has 0 aliphatic carbocycles. The third kappa shape index (κ3) is 3.68. The maximum atomic E-state index is 13.1. The fourth-order valence-corrected chi connectivity index (χ4v) is 3.88. The molecule has 3 aromatic rings. The van der Waals surface area contributed by atoms with Crippen LogP contribution in [0.15, 0.2) is 83.0 Å². The van der Waals surface area contributed by atoms with Crippen molar-refractivity contribution in [3.63, 3.8) is 0 Å². The maximum absolute atomic E-state index is 13.1. The molecule has 0 spiro atoms. The Balaban J connectivity index is 1.23. The third-order valence-corrected chi connectivity index (χ3v) is 5.60. The highest BCUT2D eigenvalue weighted by atomic mass is 19.1. The second-order valence-electron chi connectivity index (χ2n) is 7.57. The largest absolute Gasteiger partial charge is 0.302 e. The van der Waals surface area contributed by atoms with Crippen LogP contribution in [0.5, 0.6) is 0 Å². The number of nitrogens with one attached hydrogen (secondary N) is 2. The van der Waals surface area contributed by atoms with Crippen LogP contribution >= 0.6 is 0 Å². The van der Waals surface area contributed by atoms with Crippen molar-refractivity contribution >= 4 is 11.4 Å². The quantitative estimate of drug-likeness (QED) is 0.656. The van der Waals surface area contributed by atoms with E-state index in [1.807, 2.05) is 0 Å². The highest BCUT2D eigenvalue weighted by Gasteiger charge is 2.24. The molecule has 2 aliphatic rings. The first-order valence-corrected chi connectivity index (χ1v) is 9.91. The lowest BCUT2D eigenvalue weighted by Gasteiger charge is -2.14. The molecule has 30 heavy (non-hydrogen) atoms. The topological polar surface area (TPSA) is 48.8 Å². The summed E-state index contributed by atoms with van der Waals surface area (Å²) in [7, 11) is 0. The summed E-state index contributed by atoms with van der Waals surface area (Å²) in [5.74, 6) is -0.492. The summed E-state index contributed by atoms with van der Waals surface area (Å²) < 4.78 is 26.3. The van der Waals surface area contributed by atoms with Crippen LogP contribution < -0.4 is 10.9 Å². The second kappa shape index (κ2) is 7.71. The van der Waals surface area contributed by atoms with Gasteiger partial charge in [-0.3, -0.25) is 0 Å². The average Bonchev–Trinajstić information content (AvgIpc) is 3.45. The van der Waals surface area contributed by atoms with Gasteiger partial charge in [0.15, 0.2) is 0 Å². The van der Waals surface area contributed by atoms with Crippen molar-refractivity contribution in [3.05, 3.63) is 107 Å². The normalized spacial score (nSPS) is 20.3. The molecular weight excluding hydrogens is 382 g/mol. The summed E-state index contributed by atoms with van der Waals surface area (Å²) in [6, 6.07) is 21.5. The maximum Gasteiger partial charge on any atom is 0.123 e. The van der Waals surface area contributed by atoms with Gasteiger partial charge in [-0.1, -0.05) is 48.5 Å². The predicted molar refractivity (Wildman–Crippen MR) is 113 cm³/mol. The lowest BCUT2D eigenvalue weighted by Crippen LogP contribution is -2.12. The Morgan fingerprint density at radius 1 is 0.567 bits per heavy atom. The van der Waals surface area contributed by atoms with E-state index >= 15 is 0 Å². The number of hydrogen-bond donors (Lipinski definition) is 2. The Kier molecular flexibility index (Phi) is 4.75. The van der Waals surface area contributed by atoms with E-state index in [1.54, 1.807) is 24.3 Å². The van der Waals surface area contributed by atoms with Crippen molar-refractivity contribution in [2.75, 3.05) is 0 Å². The molecule has 5 rings (SSSR count). The summed E-state index contributed by atoms with van der Waals surface area (Å²) >= 11 is 0. The molecule has 0 bridgehead atoms. The van der Waals surface area contributed by atoms with Gasteiger partial charge >= 0.3 is 0 Å². The number of halogens is 2. The van der Waals surface area contributed by atoms with E-state index in [4.69, 9.17) is 0 Å². The van der Waals surface area contributed by atoms with E-state index in [0.717, 1.165) is 46.5 Å². The Morgan fingerprint density at radius 3 is 1.30 bits per heavy atom. The van der Waals surface area contributed by atoms with Gasteiger partial charge in [0.1, 0.15) is 11.6 Å². The zero-order chi connectivity index (χ0) is 20.5. The standard InChI is InChI=1S/C24H20F2N4/c25-19-9-5-17(6-10-19)23-13-21(27-29-23)15-1-2-16(4-3-15)22-14-24(30-28-22)18-7-11-20(26)12-8-18/h1-12,21-22,27-28H,13-14H2. The molecule has 2 atom stereocenters. The first-order chi connectivity index (χ1) is 14.7. The molecule has 4 nitrogen and oxygen atoms in total. The van der Waals surface area contributed by atoms with E-state index < -0.39 is 0 Å². The van der Waals surface area contributed by atoms with Gasteiger partial charge in [0, 0.05) is 12.8 Å². The second-order valence-corrected chi connectivity index (χ2v) is 7.57. The molecule has 0 amide bonds. The Hall–Kier alpha value is -3.54. The van der Waals surface area contributed by atoms with Crippen LogP contribution in [0.1, 0.15) is 47.2 Å². The lowest BCUT2D eigenvalue weighted by molar-refractivity contribution is 0.610. The minimum atomic E-state index is -0.246. The monoisotopic (exact) mass is 402 g/mol.